The topological polar surface area (TPSA) is 52.6 Å². The maximum absolute atomic E-state index is 11.1. The van der Waals surface area contributed by atoms with E-state index in [4.69, 9.17) is 0 Å². The van der Waals surface area contributed by atoms with E-state index >= 15 is 0 Å². The molecule has 0 aliphatic rings. The molecule has 0 aliphatic heterocycles. The highest BCUT2D eigenvalue weighted by atomic mass is 16.6. The summed E-state index contributed by atoms with van der Waals surface area (Å²) in [6.07, 6.45) is 1.22. The molecule has 4 heteroatoms. The first kappa shape index (κ1) is 11.7. The standard InChI is InChI=1S/C9H14O4/c1-4-7(8(10)12-5-2)9(11)13-6-3/h4,7H,1,5-6H2,2-3H3. The molecule has 0 saturated carbocycles. The van der Waals surface area contributed by atoms with Crippen LogP contribution >= 0.6 is 0 Å². The minimum absolute atomic E-state index is 0.239. The van der Waals surface area contributed by atoms with Crippen molar-refractivity contribution >= 4 is 11.9 Å². The zero-order valence-electron chi connectivity index (χ0n) is 7.91. The fourth-order valence-corrected chi connectivity index (χ4v) is 0.753. The predicted molar refractivity (Wildman–Crippen MR) is 47.0 cm³/mol. The lowest BCUT2D eigenvalue weighted by Gasteiger charge is -2.09. The Bertz CT molecular complexity index is 180. The lowest BCUT2D eigenvalue weighted by molar-refractivity contribution is -0.158. The van der Waals surface area contributed by atoms with Crippen LogP contribution in [0.2, 0.25) is 0 Å². The van der Waals surface area contributed by atoms with Crippen LogP contribution in [0.5, 0.6) is 0 Å². The van der Waals surface area contributed by atoms with Crippen LogP contribution in [-0.4, -0.2) is 25.2 Å². The second-order valence-electron chi connectivity index (χ2n) is 2.22. The summed E-state index contributed by atoms with van der Waals surface area (Å²) in [5.41, 5.74) is 0. The van der Waals surface area contributed by atoms with Crippen molar-refractivity contribution in [3.63, 3.8) is 0 Å². The molecule has 13 heavy (non-hydrogen) atoms. The highest BCUT2D eigenvalue weighted by molar-refractivity contribution is 5.96. The van der Waals surface area contributed by atoms with Crippen LogP contribution in [0.1, 0.15) is 13.8 Å². The van der Waals surface area contributed by atoms with Gasteiger partial charge in [0.1, 0.15) is 0 Å². The molecule has 0 radical (unpaired) electrons. The first-order valence-electron chi connectivity index (χ1n) is 4.13. The first-order valence-corrected chi connectivity index (χ1v) is 4.13. The van der Waals surface area contributed by atoms with Crippen molar-refractivity contribution < 1.29 is 19.1 Å². The van der Waals surface area contributed by atoms with Gasteiger partial charge < -0.3 is 9.47 Å². The maximum atomic E-state index is 11.1. The van der Waals surface area contributed by atoms with Crippen LogP contribution in [0.15, 0.2) is 12.7 Å². The Kier molecular flexibility index (Phi) is 5.59. The highest BCUT2D eigenvalue weighted by Gasteiger charge is 2.25. The number of hydrogen-bond acceptors (Lipinski definition) is 4. The third kappa shape index (κ3) is 3.73. The van der Waals surface area contributed by atoms with Gasteiger partial charge in [0, 0.05) is 0 Å². The molecule has 0 atom stereocenters. The summed E-state index contributed by atoms with van der Waals surface area (Å²) >= 11 is 0. The molecule has 0 aromatic carbocycles. The third-order valence-corrected chi connectivity index (χ3v) is 1.32. The van der Waals surface area contributed by atoms with E-state index in [1.807, 2.05) is 0 Å². The number of esters is 2. The molecule has 0 saturated heterocycles. The smallest absolute Gasteiger partial charge is 0.324 e. The number of carbonyl (C=O) groups excluding carboxylic acids is 2. The summed E-state index contributed by atoms with van der Waals surface area (Å²) in [4.78, 5) is 22.2. The van der Waals surface area contributed by atoms with E-state index in [0.717, 1.165) is 0 Å². The summed E-state index contributed by atoms with van der Waals surface area (Å²) in [6, 6.07) is 0. The van der Waals surface area contributed by atoms with Gasteiger partial charge >= 0.3 is 11.9 Å². The summed E-state index contributed by atoms with van der Waals surface area (Å²) in [6.45, 7) is 7.18. The van der Waals surface area contributed by atoms with Crippen molar-refractivity contribution in [1.82, 2.24) is 0 Å². The van der Waals surface area contributed by atoms with Gasteiger partial charge in [0.2, 0.25) is 0 Å². The lowest BCUT2D eigenvalue weighted by atomic mass is 10.1. The second-order valence-corrected chi connectivity index (χ2v) is 2.22. The van der Waals surface area contributed by atoms with E-state index < -0.39 is 17.9 Å². The fourth-order valence-electron chi connectivity index (χ4n) is 0.753. The molecule has 0 bridgehead atoms. The van der Waals surface area contributed by atoms with Crippen LogP contribution in [0, 0.1) is 5.92 Å². The van der Waals surface area contributed by atoms with E-state index in [9.17, 15) is 9.59 Å². The van der Waals surface area contributed by atoms with Crippen LogP contribution in [0.25, 0.3) is 0 Å². The zero-order chi connectivity index (χ0) is 10.3. The number of rotatable bonds is 5. The fraction of sp³-hybridized carbons (Fsp3) is 0.556. The van der Waals surface area contributed by atoms with Crippen LogP contribution in [0.4, 0.5) is 0 Å². The Morgan fingerprint density at radius 1 is 1.23 bits per heavy atom. The van der Waals surface area contributed by atoms with Crippen molar-refractivity contribution in [3.8, 4) is 0 Å². The highest BCUT2D eigenvalue weighted by Crippen LogP contribution is 2.04. The van der Waals surface area contributed by atoms with Crippen molar-refractivity contribution in [2.75, 3.05) is 13.2 Å². The van der Waals surface area contributed by atoms with E-state index in [1.54, 1.807) is 13.8 Å². The number of hydrogen-bond donors (Lipinski definition) is 0. The molecule has 4 nitrogen and oxygen atoms in total. The van der Waals surface area contributed by atoms with Crippen molar-refractivity contribution in [1.29, 1.82) is 0 Å². The Morgan fingerprint density at radius 2 is 1.62 bits per heavy atom. The van der Waals surface area contributed by atoms with Crippen molar-refractivity contribution in [2.45, 2.75) is 13.8 Å². The SMILES string of the molecule is C=CC(C(=O)OCC)C(=O)OCC. The van der Waals surface area contributed by atoms with Gasteiger partial charge in [-0.25, -0.2) is 0 Å². The average Bonchev–Trinajstić information content (AvgIpc) is 2.06. The monoisotopic (exact) mass is 186 g/mol. The summed E-state index contributed by atoms with van der Waals surface area (Å²) < 4.78 is 9.30. The quantitative estimate of drug-likeness (QED) is 0.364. The second kappa shape index (κ2) is 6.22. The third-order valence-electron chi connectivity index (χ3n) is 1.32. The van der Waals surface area contributed by atoms with Gasteiger partial charge in [0.05, 0.1) is 13.2 Å². The van der Waals surface area contributed by atoms with Crippen LogP contribution in [0.3, 0.4) is 0 Å². The molecule has 0 N–H and O–H groups in total. The summed E-state index contributed by atoms with van der Waals surface area (Å²) in [5.74, 6) is -2.23. The average molecular weight is 186 g/mol. The van der Waals surface area contributed by atoms with Crippen LogP contribution in [-0.2, 0) is 19.1 Å². The lowest BCUT2D eigenvalue weighted by Crippen LogP contribution is -2.26. The molecule has 74 valence electrons. The first-order chi connectivity index (χ1) is 6.17. The van der Waals surface area contributed by atoms with Gasteiger partial charge in [0.15, 0.2) is 5.92 Å². The van der Waals surface area contributed by atoms with Crippen molar-refractivity contribution in [3.05, 3.63) is 12.7 Å². The largest absolute Gasteiger partial charge is 0.465 e. The van der Waals surface area contributed by atoms with E-state index in [2.05, 4.69) is 16.1 Å². The molecule has 0 aliphatic carbocycles. The number of carbonyl (C=O) groups is 2. The van der Waals surface area contributed by atoms with E-state index in [0.29, 0.717) is 0 Å². The number of ether oxygens (including phenoxy) is 2. The minimum Gasteiger partial charge on any atom is -0.465 e. The molecule has 0 aromatic heterocycles. The molecule has 0 spiro atoms. The van der Waals surface area contributed by atoms with Crippen molar-refractivity contribution in [2.24, 2.45) is 5.92 Å². The summed E-state index contributed by atoms with van der Waals surface area (Å²) in [5, 5.41) is 0. The molecule has 0 aromatic rings. The van der Waals surface area contributed by atoms with Gasteiger partial charge in [-0.05, 0) is 13.8 Å². The van der Waals surface area contributed by atoms with Gasteiger partial charge in [-0.15, -0.1) is 6.58 Å². The summed E-state index contributed by atoms with van der Waals surface area (Å²) in [7, 11) is 0. The van der Waals surface area contributed by atoms with Gasteiger partial charge in [0.25, 0.3) is 0 Å². The molecular weight excluding hydrogens is 172 g/mol. The van der Waals surface area contributed by atoms with Crippen LogP contribution < -0.4 is 0 Å². The van der Waals surface area contributed by atoms with E-state index in [1.165, 1.54) is 6.08 Å². The predicted octanol–water partition coefficient (Wildman–Crippen LogP) is 0.915. The minimum atomic E-state index is -1.00. The maximum Gasteiger partial charge on any atom is 0.324 e. The zero-order valence-corrected chi connectivity index (χ0v) is 7.91. The Labute approximate surface area is 77.5 Å². The Morgan fingerprint density at radius 3 is 1.85 bits per heavy atom. The molecule has 0 amide bonds. The van der Waals surface area contributed by atoms with E-state index in [-0.39, 0.29) is 13.2 Å². The molecule has 0 fully saturated rings. The Balaban J connectivity index is 4.23. The normalized spacial score (nSPS) is 9.46. The molecular formula is C9H14O4. The Hall–Kier alpha value is -1.32. The molecule has 0 rings (SSSR count). The van der Waals surface area contributed by atoms with Gasteiger partial charge in [-0.1, -0.05) is 6.08 Å². The molecule has 0 heterocycles. The molecule has 0 unspecified atom stereocenters. The van der Waals surface area contributed by atoms with Gasteiger partial charge in [-0.2, -0.15) is 0 Å². The van der Waals surface area contributed by atoms with Gasteiger partial charge in [-0.3, -0.25) is 9.59 Å².